The van der Waals surface area contributed by atoms with Crippen molar-refractivity contribution in [3.8, 4) is 0 Å². The standard InChI is InChI=1S/C21H27N3O2S/c22-11-14-23(12-8-17-4-2-1-3-5-17)20(25)6-7-21(26)24-13-9-19-18(16-24)10-15-27-19/h1-5,10,15H,6-9,11-14,16,22H2. The first-order valence-corrected chi connectivity index (χ1v) is 10.4. The Hall–Kier alpha value is -2.18. The van der Waals surface area contributed by atoms with Gasteiger partial charge in [0.2, 0.25) is 11.8 Å². The van der Waals surface area contributed by atoms with E-state index in [1.807, 2.05) is 23.1 Å². The highest BCUT2D eigenvalue weighted by atomic mass is 32.1. The molecular weight excluding hydrogens is 358 g/mol. The molecule has 2 aromatic rings. The number of nitrogens with zero attached hydrogens (tertiary/aromatic N) is 2. The number of nitrogens with two attached hydrogens (primary N) is 1. The zero-order valence-electron chi connectivity index (χ0n) is 15.6. The van der Waals surface area contributed by atoms with Crippen LogP contribution in [0.3, 0.4) is 0 Å². The molecule has 2 heterocycles. The molecule has 0 saturated heterocycles. The van der Waals surface area contributed by atoms with Crippen molar-refractivity contribution in [1.29, 1.82) is 0 Å². The van der Waals surface area contributed by atoms with Gasteiger partial charge in [-0.3, -0.25) is 9.59 Å². The van der Waals surface area contributed by atoms with Gasteiger partial charge in [0.25, 0.3) is 0 Å². The number of fused-ring (bicyclic) bond motifs is 1. The molecule has 6 heteroatoms. The van der Waals surface area contributed by atoms with Crippen molar-refractivity contribution >= 4 is 23.2 Å². The fourth-order valence-electron chi connectivity index (χ4n) is 3.42. The van der Waals surface area contributed by atoms with Crippen LogP contribution in [0.4, 0.5) is 0 Å². The summed E-state index contributed by atoms with van der Waals surface area (Å²) in [5.74, 6) is 0.0777. The average molecular weight is 386 g/mol. The molecule has 27 heavy (non-hydrogen) atoms. The van der Waals surface area contributed by atoms with E-state index in [0.29, 0.717) is 26.2 Å². The minimum atomic E-state index is 0.0120. The second kappa shape index (κ2) is 9.67. The zero-order chi connectivity index (χ0) is 19.1. The molecule has 2 N–H and O–H groups in total. The Morgan fingerprint density at radius 3 is 2.70 bits per heavy atom. The molecular formula is C21H27N3O2S. The Labute approximate surface area is 164 Å². The number of thiophene rings is 1. The van der Waals surface area contributed by atoms with Gasteiger partial charge in [-0.1, -0.05) is 30.3 Å². The van der Waals surface area contributed by atoms with E-state index in [4.69, 9.17) is 5.73 Å². The summed E-state index contributed by atoms with van der Waals surface area (Å²) in [6.45, 7) is 3.02. The summed E-state index contributed by atoms with van der Waals surface area (Å²) in [5.41, 5.74) is 8.12. The highest BCUT2D eigenvalue weighted by molar-refractivity contribution is 7.10. The number of rotatable bonds is 8. The number of carbonyl (C=O) groups excluding carboxylic acids is 2. The molecule has 1 aromatic heterocycles. The quantitative estimate of drug-likeness (QED) is 0.759. The third-order valence-corrected chi connectivity index (χ3v) is 6.00. The Bertz CT molecular complexity index is 760. The van der Waals surface area contributed by atoms with Gasteiger partial charge in [-0.25, -0.2) is 0 Å². The Morgan fingerprint density at radius 2 is 1.93 bits per heavy atom. The summed E-state index contributed by atoms with van der Waals surface area (Å²) < 4.78 is 0. The zero-order valence-corrected chi connectivity index (χ0v) is 16.4. The van der Waals surface area contributed by atoms with Crippen molar-refractivity contribution in [3.05, 3.63) is 57.8 Å². The van der Waals surface area contributed by atoms with Crippen molar-refractivity contribution in [2.75, 3.05) is 26.2 Å². The van der Waals surface area contributed by atoms with Crippen LogP contribution in [0.15, 0.2) is 41.8 Å². The van der Waals surface area contributed by atoms with Gasteiger partial charge >= 0.3 is 0 Å². The number of carbonyl (C=O) groups is 2. The highest BCUT2D eigenvalue weighted by Crippen LogP contribution is 2.24. The molecule has 2 amide bonds. The molecule has 144 valence electrons. The molecule has 0 fully saturated rings. The second-order valence-corrected chi connectivity index (χ2v) is 7.84. The monoisotopic (exact) mass is 385 g/mol. The van der Waals surface area contributed by atoms with Gasteiger partial charge in [0, 0.05) is 50.4 Å². The minimum absolute atomic E-state index is 0.0120. The molecule has 1 aliphatic rings. The fourth-order valence-corrected chi connectivity index (χ4v) is 4.31. The summed E-state index contributed by atoms with van der Waals surface area (Å²) in [7, 11) is 0. The Balaban J connectivity index is 1.47. The molecule has 0 unspecified atom stereocenters. The van der Waals surface area contributed by atoms with Crippen LogP contribution in [0.1, 0.15) is 28.8 Å². The first kappa shape index (κ1) is 19.6. The molecule has 0 aliphatic carbocycles. The molecule has 0 atom stereocenters. The third kappa shape index (κ3) is 5.40. The first-order chi connectivity index (χ1) is 13.2. The van der Waals surface area contributed by atoms with Crippen LogP contribution in [-0.4, -0.2) is 47.8 Å². The fraction of sp³-hybridized carbons (Fsp3) is 0.429. The second-order valence-electron chi connectivity index (χ2n) is 6.84. The maximum atomic E-state index is 12.6. The number of benzene rings is 1. The number of hydrogen-bond donors (Lipinski definition) is 1. The molecule has 3 rings (SSSR count). The topological polar surface area (TPSA) is 66.6 Å². The van der Waals surface area contributed by atoms with Crippen molar-refractivity contribution in [2.45, 2.75) is 32.2 Å². The SMILES string of the molecule is NCCN(CCc1ccccc1)C(=O)CCC(=O)N1CCc2sccc2C1. The lowest BCUT2D eigenvalue weighted by Crippen LogP contribution is -2.39. The van der Waals surface area contributed by atoms with Crippen LogP contribution in [0.5, 0.6) is 0 Å². The van der Waals surface area contributed by atoms with E-state index in [2.05, 4.69) is 23.6 Å². The van der Waals surface area contributed by atoms with Gasteiger partial charge in [-0.2, -0.15) is 0 Å². The normalized spacial score (nSPS) is 13.3. The summed E-state index contributed by atoms with van der Waals surface area (Å²) in [6.07, 6.45) is 2.24. The van der Waals surface area contributed by atoms with Gasteiger partial charge in [0.1, 0.15) is 0 Å². The molecule has 1 aliphatic heterocycles. The van der Waals surface area contributed by atoms with Gasteiger partial charge in [-0.05, 0) is 35.4 Å². The van der Waals surface area contributed by atoms with Crippen LogP contribution < -0.4 is 5.73 Å². The summed E-state index contributed by atoms with van der Waals surface area (Å²) in [5, 5.41) is 2.08. The Morgan fingerprint density at radius 1 is 1.11 bits per heavy atom. The minimum Gasteiger partial charge on any atom is -0.341 e. The van der Waals surface area contributed by atoms with E-state index >= 15 is 0 Å². The lowest BCUT2D eigenvalue weighted by Gasteiger charge is -2.27. The summed E-state index contributed by atoms with van der Waals surface area (Å²) in [4.78, 5) is 30.2. The number of hydrogen-bond acceptors (Lipinski definition) is 4. The first-order valence-electron chi connectivity index (χ1n) is 9.52. The van der Waals surface area contributed by atoms with E-state index in [1.165, 1.54) is 16.0 Å². The van der Waals surface area contributed by atoms with Gasteiger partial charge in [-0.15, -0.1) is 11.3 Å². The number of amides is 2. The lowest BCUT2D eigenvalue weighted by molar-refractivity contribution is -0.137. The molecule has 1 aromatic carbocycles. The molecule has 0 bridgehead atoms. The maximum absolute atomic E-state index is 12.6. The predicted octanol–water partition coefficient (Wildman–Crippen LogP) is 2.44. The van der Waals surface area contributed by atoms with Crippen molar-refractivity contribution < 1.29 is 9.59 Å². The van der Waals surface area contributed by atoms with Crippen molar-refractivity contribution in [2.24, 2.45) is 5.73 Å². The van der Waals surface area contributed by atoms with E-state index in [-0.39, 0.29) is 24.7 Å². The largest absolute Gasteiger partial charge is 0.341 e. The van der Waals surface area contributed by atoms with E-state index in [1.54, 1.807) is 16.2 Å². The molecule has 0 spiro atoms. The summed E-state index contributed by atoms with van der Waals surface area (Å²) >= 11 is 1.76. The molecule has 5 nitrogen and oxygen atoms in total. The van der Waals surface area contributed by atoms with Gasteiger partial charge in [0.05, 0.1) is 0 Å². The predicted molar refractivity (Wildman–Crippen MR) is 108 cm³/mol. The summed E-state index contributed by atoms with van der Waals surface area (Å²) in [6, 6.07) is 12.2. The van der Waals surface area contributed by atoms with Crippen LogP contribution in [0, 0.1) is 0 Å². The van der Waals surface area contributed by atoms with E-state index < -0.39 is 0 Å². The maximum Gasteiger partial charge on any atom is 0.223 e. The van der Waals surface area contributed by atoms with Crippen molar-refractivity contribution in [3.63, 3.8) is 0 Å². The van der Waals surface area contributed by atoms with Gasteiger partial charge in [0.15, 0.2) is 0 Å². The lowest BCUT2D eigenvalue weighted by atomic mass is 10.1. The molecule has 0 radical (unpaired) electrons. The van der Waals surface area contributed by atoms with Crippen LogP contribution >= 0.6 is 11.3 Å². The van der Waals surface area contributed by atoms with Crippen LogP contribution in [-0.2, 0) is 29.0 Å². The van der Waals surface area contributed by atoms with Crippen LogP contribution in [0.2, 0.25) is 0 Å². The van der Waals surface area contributed by atoms with E-state index in [9.17, 15) is 9.59 Å². The van der Waals surface area contributed by atoms with Crippen molar-refractivity contribution in [1.82, 2.24) is 9.80 Å². The smallest absolute Gasteiger partial charge is 0.223 e. The Kier molecular flexibility index (Phi) is 7.01. The van der Waals surface area contributed by atoms with Crippen LogP contribution in [0.25, 0.3) is 0 Å². The van der Waals surface area contributed by atoms with Gasteiger partial charge < -0.3 is 15.5 Å². The molecule has 0 saturated carbocycles. The van der Waals surface area contributed by atoms with E-state index in [0.717, 1.165) is 19.4 Å². The average Bonchev–Trinajstić information content (AvgIpc) is 3.17. The highest BCUT2D eigenvalue weighted by Gasteiger charge is 2.22. The third-order valence-electron chi connectivity index (χ3n) is 4.98.